The van der Waals surface area contributed by atoms with Crippen molar-refractivity contribution in [2.24, 2.45) is 0 Å². The highest BCUT2D eigenvalue weighted by atomic mass is 79.9. The number of aromatic nitrogens is 2. The zero-order valence-electron chi connectivity index (χ0n) is 14.2. The first-order chi connectivity index (χ1) is 13.0. The zero-order valence-corrected chi connectivity index (χ0v) is 15.8. The van der Waals surface area contributed by atoms with E-state index in [1.807, 2.05) is 30.3 Å². The number of hydrogen-bond acceptors (Lipinski definition) is 6. The van der Waals surface area contributed by atoms with E-state index in [0.29, 0.717) is 6.61 Å². The van der Waals surface area contributed by atoms with Gasteiger partial charge in [0.1, 0.15) is 18.3 Å². The van der Waals surface area contributed by atoms with Crippen LogP contribution in [0.15, 0.2) is 51.1 Å². The van der Waals surface area contributed by atoms with E-state index in [9.17, 15) is 19.8 Å². The molecule has 3 N–H and O–H groups in total. The summed E-state index contributed by atoms with van der Waals surface area (Å²) >= 11 is 3.07. The van der Waals surface area contributed by atoms with Gasteiger partial charge in [0.15, 0.2) is 6.23 Å². The van der Waals surface area contributed by atoms with Crippen LogP contribution >= 0.6 is 15.9 Å². The quantitative estimate of drug-likeness (QED) is 0.612. The van der Waals surface area contributed by atoms with E-state index >= 15 is 0 Å². The summed E-state index contributed by atoms with van der Waals surface area (Å²) in [6, 6.07) is 9.49. The Balaban J connectivity index is 1.72. The molecule has 1 aromatic heterocycles. The van der Waals surface area contributed by atoms with Gasteiger partial charge in [0, 0.05) is 6.20 Å². The van der Waals surface area contributed by atoms with Crippen LogP contribution in [0.25, 0.3) is 6.08 Å². The fourth-order valence-electron chi connectivity index (χ4n) is 2.84. The second-order valence-electron chi connectivity index (χ2n) is 6.09. The molecule has 144 valence electrons. The molecule has 27 heavy (non-hydrogen) atoms. The second kappa shape index (κ2) is 8.77. The van der Waals surface area contributed by atoms with Gasteiger partial charge in [-0.2, -0.15) is 0 Å². The van der Waals surface area contributed by atoms with Crippen LogP contribution in [0.1, 0.15) is 17.4 Å². The maximum absolute atomic E-state index is 12.1. The SMILES string of the molecule is O=c1[nH]c(=O)n([C@@H]2O[C@H](COCc3ccccc3)[C@@H](O)[C@@H]2O)cc1C=CBr. The molecule has 0 radical (unpaired) electrons. The van der Waals surface area contributed by atoms with Gasteiger partial charge in [-0.1, -0.05) is 46.3 Å². The van der Waals surface area contributed by atoms with Gasteiger partial charge < -0.3 is 19.7 Å². The van der Waals surface area contributed by atoms with Crippen LogP contribution < -0.4 is 11.2 Å². The topological polar surface area (TPSA) is 114 Å². The molecule has 0 spiro atoms. The van der Waals surface area contributed by atoms with Gasteiger partial charge in [0.2, 0.25) is 0 Å². The Kier molecular flexibility index (Phi) is 6.40. The van der Waals surface area contributed by atoms with Crippen LogP contribution in [0.5, 0.6) is 0 Å². The van der Waals surface area contributed by atoms with Crippen LogP contribution in [0, 0.1) is 0 Å². The van der Waals surface area contributed by atoms with E-state index in [4.69, 9.17) is 9.47 Å². The van der Waals surface area contributed by atoms with Crippen molar-refractivity contribution in [1.82, 2.24) is 9.55 Å². The lowest BCUT2D eigenvalue weighted by atomic mass is 10.1. The van der Waals surface area contributed by atoms with Crippen LogP contribution in [0.2, 0.25) is 0 Å². The molecule has 4 atom stereocenters. The molecule has 1 aliphatic heterocycles. The second-order valence-corrected chi connectivity index (χ2v) is 6.62. The Labute approximate surface area is 162 Å². The molecule has 3 rings (SSSR count). The molecular formula is C18H19BrN2O6. The lowest BCUT2D eigenvalue weighted by Gasteiger charge is -2.17. The van der Waals surface area contributed by atoms with Crippen molar-refractivity contribution >= 4 is 22.0 Å². The Bertz CT molecular complexity index is 910. The van der Waals surface area contributed by atoms with Crippen molar-refractivity contribution in [2.45, 2.75) is 31.1 Å². The first kappa shape index (κ1) is 19.7. The van der Waals surface area contributed by atoms with Gasteiger partial charge in [-0.15, -0.1) is 0 Å². The predicted octanol–water partition coefficient (Wildman–Crippen LogP) is 0.738. The summed E-state index contributed by atoms with van der Waals surface area (Å²) in [6.45, 7) is 0.364. The Morgan fingerprint density at radius 2 is 1.96 bits per heavy atom. The number of hydrogen-bond donors (Lipinski definition) is 3. The molecule has 0 bridgehead atoms. The number of benzene rings is 1. The molecule has 0 unspecified atom stereocenters. The molecular weight excluding hydrogens is 420 g/mol. The maximum Gasteiger partial charge on any atom is 0.330 e. The summed E-state index contributed by atoms with van der Waals surface area (Å²) in [7, 11) is 0. The van der Waals surface area contributed by atoms with Crippen molar-refractivity contribution < 1.29 is 19.7 Å². The minimum absolute atomic E-state index is 0.0376. The molecule has 9 heteroatoms. The van der Waals surface area contributed by atoms with Crippen molar-refractivity contribution in [3.05, 3.63) is 73.5 Å². The van der Waals surface area contributed by atoms with E-state index in [2.05, 4.69) is 20.9 Å². The minimum Gasteiger partial charge on any atom is -0.387 e. The summed E-state index contributed by atoms with van der Waals surface area (Å²) in [5, 5.41) is 20.5. The van der Waals surface area contributed by atoms with E-state index in [1.165, 1.54) is 17.3 Å². The van der Waals surface area contributed by atoms with Crippen LogP contribution in [0.3, 0.4) is 0 Å². The first-order valence-electron chi connectivity index (χ1n) is 8.26. The molecule has 2 aromatic rings. The zero-order chi connectivity index (χ0) is 19.4. The van der Waals surface area contributed by atoms with Crippen molar-refractivity contribution in [1.29, 1.82) is 0 Å². The highest BCUT2D eigenvalue weighted by Gasteiger charge is 2.44. The number of nitrogens with one attached hydrogen (secondary N) is 1. The predicted molar refractivity (Wildman–Crippen MR) is 101 cm³/mol. The van der Waals surface area contributed by atoms with Gasteiger partial charge in [-0.3, -0.25) is 14.3 Å². The van der Waals surface area contributed by atoms with Gasteiger partial charge >= 0.3 is 5.69 Å². The third-order valence-electron chi connectivity index (χ3n) is 4.24. The van der Waals surface area contributed by atoms with E-state index in [0.717, 1.165) is 10.1 Å². The third-order valence-corrected chi connectivity index (χ3v) is 4.51. The number of nitrogens with zero attached hydrogens (tertiary/aromatic N) is 1. The van der Waals surface area contributed by atoms with Crippen LogP contribution in [0.4, 0.5) is 0 Å². The van der Waals surface area contributed by atoms with Gasteiger partial charge in [0.25, 0.3) is 5.56 Å². The molecule has 1 aliphatic rings. The average molecular weight is 439 g/mol. The largest absolute Gasteiger partial charge is 0.387 e. The number of rotatable bonds is 6. The summed E-state index contributed by atoms with van der Waals surface area (Å²) in [5.41, 5.74) is -0.151. The first-order valence-corrected chi connectivity index (χ1v) is 9.18. The third kappa shape index (κ3) is 4.45. The molecule has 0 amide bonds. The molecule has 8 nitrogen and oxygen atoms in total. The fraction of sp³-hybridized carbons (Fsp3) is 0.333. The normalized spacial score (nSPS) is 25.3. The number of aliphatic hydroxyl groups is 2. The molecule has 0 saturated carbocycles. The molecule has 0 aliphatic carbocycles. The van der Waals surface area contributed by atoms with E-state index in [-0.39, 0.29) is 12.2 Å². The Morgan fingerprint density at radius 3 is 2.67 bits per heavy atom. The Hall–Kier alpha value is -2.04. The number of halogens is 1. The van der Waals surface area contributed by atoms with Gasteiger partial charge in [-0.05, 0) is 16.6 Å². The van der Waals surface area contributed by atoms with Gasteiger partial charge in [-0.25, -0.2) is 4.79 Å². The lowest BCUT2D eigenvalue weighted by molar-refractivity contribution is -0.0711. The molecule has 2 heterocycles. The average Bonchev–Trinajstić information content (AvgIpc) is 2.93. The van der Waals surface area contributed by atoms with E-state index in [1.54, 1.807) is 0 Å². The number of ether oxygens (including phenoxy) is 2. The monoisotopic (exact) mass is 438 g/mol. The van der Waals surface area contributed by atoms with E-state index < -0.39 is 35.8 Å². The Morgan fingerprint density at radius 1 is 1.22 bits per heavy atom. The summed E-state index contributed by atoms with van der Waals surface area (Å²) in [5.74, 6) is 0. The number of H-pyrrole nitrogens is 1. The molecule has 1 saturated heterocycles. The number of aliphatic hydroxyl groups excluding tert-OH is 2. The minimum atomic E-state index is -1.35. The van der Waals surface area contributed by atoms with Crippen molar-refractivity contribution in [2.75, 3.05) is 6.61 Å². The molecule has 1 aromatic carbocycles. The highest BCUT2D eigenvalue weighted by molar-refractivity contribution is 9.11. The van der Waals surface area contributed by atoms with Crippen molar-refractivity contribution in [3.8, 4) is 0 Å². The fourth-order valence-corrected chi connectivity index (χ4v) is 3.13. The summed E-state index contributed by atoms with van der Waals surface area (Å²) in [4.78, 5) is 27.5. The van der Waals surface area contributed by atoms with Gasteiger partial charge in [0.05, 0.1) is 18.8 Å². The number of aromatic amines is 1. The van der Waals surface area contributed by atoms with Crippen LogP contribution in [-0.2, 0) is 16.1 Å². The van der Waals surface area contributed by atoms with Crippen molar-refractivity contribution in [3.63, 3.8) is 0 Å². The summed E-state index contributed by atoms with van der Waals surface area (Å²) < 4.78 is 12.3. The highest BCUT2D eigenvalue weighted by Crippen LogP contribution is 2.28. The molecule has 1 fully saturated rings. The summed E-state index contributed by atoms with van der Waals surface area (Å²) in [6.07, 6.45) is -1.82. The van der Waals surface area contributed by atoms with Crippen LogP contribution in [-0.4, -0.2) is 44.7 Å². The lowest BCUT2D eigenvalue weighted by Crippen LogP contribution is -2.38. The maximum atomic E-state index is 12.1. The smallest absolute Gasteiger partial charge is 0.330 e. The standard InChI is InChI=1S/C18H19BrN2O6/c19-7-6-12-8-21(18(25)20-16(12)24)17-15(23)14(22)13(27-17)10-26-9-11-4-2-1-3-5-11/h1-8,13-15,17,22-23H,9-10H2,(H,20,24,25)/t13-,14-,15+,17-/m1/s1.